The maximum Gasteiger partial charge on any atom is 0.285 e. The van der Waals surface area contributed by atoms with Crippen LogP contribution in [0.3, 0.4) is 0 Å². The normalized spacial score (nSPS) is 14.1. The van der Waals surface area contributed by atoms with Gasteiger partial charge in [-0.3, -0.25) is 9.78 Å². The van der Waals surface area contributed by atoms with E-state index in [1.54, 1.807) is 24.5 Å². The van der Waals surface area contributed by atoms with Crippen LogP contribution in [0.25, 0.3) is 0 Å². The molecule has 0 aliphatic carbocycles. The number of ether oxygens (including phenoxy) is 1. The largest absolute Gasteiger partial charge is 0.466 e. The molecule has 0 unspecified atom stereocenters. The summed E-state index contributed by atoms with van der Waals surface area (Å²) < 4.78 is 5.36. The summed E-state index contributed by atoms with van der Waals surface area (Å²) in [6.45, 7) is -0.0178. The number of benzene rings is 1. The molecule has 1 aromatic heterocycles. The highest BCUT2D eigenvalue weighted by molar-refractivity contribution is 6.04. The van der Waals surface area contributed by atoms with Crippen LogP contribution in [0.5, 0.6) is 0 Å². The monoisotopic (exact) mass is 289 g/mol. The van der Waals surface area contributed by atoms with Crippen LogP contribution in [-0.4, -0.2) is 23.4 Å². The summed E-state index contributed by atoms with van der Waals surface area (Å²) in [5, 5.41) is 5.61. The third-order valence-corrected chi connectivity index (χ3v) is 2.69. The molecule has 0 spiro atoms. The fourth-order valence-electron chi connectivity index (χ4n) is 1.77. The van der Waals surface area contributed by atoms with Crippen molar-refractivity contribution in [2.24, 2.45) is 5.10 Å². The minimum atomic E-state index is -0.191. The van der Waals surface area contributed by atoms with Crippen molar-refractivity contribution in [3.05, 3.63) is 60.4 Å². The highest BCUT2D eigenvalue weighted by Crippen LogP contribution is 2.18. The average Bonchev–Trinajstić information content (AvgIpc) is 2.49. The Morgan fingerprint density at radius 2 is 1.75 bits per heavy atom. The minimum Gasteiger partial charge on any atom is -0.466 e. The molecule has 0 saturated heterocycles. The number of anilines is 1. The molecule has 0 N–H and O–H groups in total. The number of carbonyl (C=O) groups excluding carboxylic acids is 1. The highest BCUT2D eigenvalue weighted by Gasteiger charge is 2.23. The molecule has 5 nitrogen and oxygen atoms in total. The maximum absolute atomic E-state index is 11.9. The molecule has 0 fully saturated rings. The zero-order chi connectivity index (χ0) is 13.1. The highest BCUT2D eigenvalue weighted by atomic mass is 35.5. The first-order chi connectivity index (χ1) is 9.34. The third-order valence-electron chi connectivity index (χ3n) is 2.69. The number of hydrogen-bond acceptors (Lipinski definition) is 4. The van der Waals surface area contributed by atoms with Crippen LogP contribution in [0, 0.1) is 0 Å². The van der Waals surface area contributed by atoms with Gasteiger partial charge in [0.1, 0.15) is 0 Å². The van der Waals surface area contributed by atoms with E-state index in [4.69, 9.17) is 4.74 Å². The van der Waals surface area contributed by atoms with Crippen LogP contribution in [0.4, 0.5) is 5.69 Å². The Morgan fingerprint density at radius 1 is 1.05 bits per heavy atom. The summed E-state index contributed by atoms with van der Waals surface area (Å²) in [6.07, 6.45) is 3.31. The Labute approximate surface area is 122 Å². The van der Waals surface area contributed by atoms with E-state index in [1.165, 1.54) is 5.01 Å². The topological polar surface area (TPSA) is 54.8 Å². The van der Waals surface area contributed by atoms with Crippen LogP contribution >= 0.6 is 12.4 Å². The number of amides is 1. The van der Waals surface area contributed by atoms with E-state index in [-0.39, 0.29) is 24.9 Å². The first kappa shape index (κ1) is 14.0. The molecule has 102 valence electrons. The predicted octanol–water partition coefficient (Wildman–Crippen LogP) is 2.23. The van der Waals surface area contributed by atoms with E-state index in [0.717, 1.165) is 11.3 Å². The van der Waals surface area contributed by atoms with Crippen molar-refractivity contribution in [1.82, 2.24) is 4.98 Å². The van der Waals surface area contributed by atoms with E-state index < -0.39 is 0 Å². The molecule has 3 rings (SSSR count). The first-order valence-electron chi connectivity index (χ1n) is 5.84. The molecule has 0 saturated carbocycles. The van der Waals surface area contributed by atoms with Crippen molar-refractivity contribution in [1.29, 1.82) is 0 Å². The average molecular weight is 290 g/mol. The summed E-state index contributed by atoms with van der Waals surface area (Å²) in [5.74, 6) is 0.231. The van der Waals surface area contributed by atoms with E-state index in [1.807, 2.05) is 30.3 Å². The fourth-order valence-corrected chi connectivity index (χ4v) is 1.77. The van der Waals surface area contributed by atoms with Crippen LogP contribution in [0.1, 0.15) is 5.56 Å². The summed E-state index contributed by atoms with van der Waals surface area (Å²) in [7, 11) is 0. The molecule has 1 aliphatic rings. The van der Waals surface area contributed by atoms with Crippen molar-refractivity contribution in [2.75, 3.05) is 11.6 Å². The van der Waals surface area contributed by atoms with Gasteiger partial charge in [0, 0.05) is 18.0 Å². The lowest BCUT2D eigenvalue weighted by Crippen LogP contribution is -2.36. The molecule has 6 heteroatoms. The van der Waals surface area contributed by atoms with Crippen LogP contribution in [-0.2, 0) is 9.53 Å². The van der Waals surface area contributed by atoms with E-state index >= 15 is 0 Å². The number of hydrogen-bond donors (Lipinski definition) is 0. The summed E-state index contributed by atoms with van der Waals surface area (Å²) in [5.41, 5.74) is 1.52. The molecular formula is C14H12ClN3O2. The van der Waals surface area contributed by atoms with Crippen molar-refractivity contribution < 1.29 is 9.53 Å². The number of halogens is 1. The van der Waals surface area contributed by atoms with Crippen molar-refractivity contribution in [3.63, 3.8) is 0 Å². The van der Waals surface area contributed by atoms with Gasteiger partial charge in [-0.25, -0.2) is 0 Å². The van der Waals surface area contributed by atoms with Gasteiger partial charge in [-0.2, -0.15) is 5.01 Å². The Hall–Kier alpha value is -2.40. The molecule has 1 aliphatic heterocycles. The number of aromatic nitrogens is 1. The Kier molecular flexibility index (Phi) is 4.32. The molecule has 0 bridgehead atoms. The molecule has 0 atom stereocenters. The molecule has 1 amide bonds. The van der Waals surface area contributed by atoms with Crippen LogP contribution in [0.15, 0.2) is 60.0 Å². The minimum absolute atomic E-state index is 0. The number of pyridine rings is 1. The fraction of sp³-hybridized carbons (Fsp3) is 0.0714. The van der Waals surface area contributed by atoms with Gasteiger partial charge in [-0.05, 0) is 24.3 Å². The van der Waals surface area contributed by atoms with E-state index in [0.29, 0.717) is 5.90 Å². The molecule has 1 aromatic carbocycles. The third kappa shape index (κ3) is 2.78. The van der Waals surface area contributed by atoms with Gasteiger partial charge in [0.25, 0.3) is 5.91 Å². The number of para-hydroxylation sites is 1. The number of carbonyl (C=O) groups is 1. The molecular weight excluding hydrogens is 278 g/mol. The quantitative estimate of drug-likeness (QED) is 0.852. The maximum atomic E-state index is 11.9. The standard InChI is InChI=1S/C14H11N3O2.ClH/c18-13-10-19-14(11-6-8-15-9-7-11)16-17(13)12-4-2-1-3-5-12;/h1-9H,10H2;1H. The van der Waals surface area contributed by atoms with Crippen molar-refractivity contribution >= 4 is 29.9 Å². The number of nitrogens with zero attached hydrogens (tertiary/aromatic N) is 3. The zero-order valence-corrected chi connectivity index (χ0v) is 11.3. The molecule has 20 heavy (non-hydrogen) atoms. The lowest BCUT2D eigenvalue weighted by molar-refractivity contribution is -0.121. The summed E-state index contributed by atoms with van der Waals surface area (Å²) in [6, 6.07) is 12.9. The van der Waals surface area contributed by atoms with Gasteiger partial charge in [0.15, 0.2) is 6.61 Å². The van der Waals surface area contributed by atoms with Gasteiger partial charge >= 0.3 is 0 Å². The second kappa shape index (κ2) is 6.16. The van der Waals surface area contributed by atoms with Crippen molar-refractivity contribution in [3.8, 4) is 0 Å². The summed E-state index contributed by atoms with van der Waals surface area (Å²) in [4.78, 5) is 15.8. The van der Waals surface area contributed by atoms with E-state index in [9.17, 15) is 4.79 Å². The molecule has 0 radical (unpaired) electrons. The van der Waals surface area contributed by atoms with Gasteiger partial charge in [0.05, 0.1) is 5.69 Å². The molecule has 2 heterocycles. The van der Waals surface area contributed by atoms with Crippen molar-refractivity contribution in [2.45, 2.75) is 0 Å². The number of hydrazone groups is 1. The Bertz CT molecular complexity index is 617. The zero-order valence-electron chi connectivity index (χ0n) is 10.5. The Morgan fingerprint density at radius 3 is 2.45 bits per heavy atom. The second-order valence-electron chi connectivity index (χ2n) is 3.97. The number of rotatable bonds is 2. The smallest absolute Gasteiger partial charge is 0.285 e. The SMILES string of the molecule is Cl.O=C1COC(c2ccncc2)=NN1c1ccccc1. The lowest BCUT2D eigenvalue weighted by atomic mass is 10.2. The van der Waals surface area contributed by atoms with Gasteiger partial charge < -0.3 is 4.74 Å². The van der Waals surface area contributed by atoms with Gasteiger partial charge in [-0.15, -0.1) is 17.5 Å². The second-order valence-corrected chi connectivity index (χ2v) is 3.97. The predicted molar refractivity (Wildman–Crippen MR) is 77.9 cm³/mol. The van der Waals surface area contributed by atoms with Gasteiger partial charge in [0.2, 0.25) is 5.90 Å². The van der Waals surface area contributed by atoms with Crippen LogP contribution in [0.2, 0.25) is 0 Å². The first-order valence-corrected chi connectivity index (χ1v) is 5.84. The van der Waals surface area contributed by atoms with Gasteiger partial charge in [-0.1, -0.05) is 18.2 Å². The lowest BCUT2D eigenvalue weighted by Gasteiger charge is -2.23. The Balaban J connectivity index is 0.00000147. The van der Waals surface area contributed by atoms with E-state index in [2.05, 4.69) is 10.1 Å². The summed E-state index contributed by atoms with van der Waals surface area (Å²) >= 11 is 0. The van der Waals surface area contributed by atoms with Crippen LogP contribution < -0.4 is 5.01 Å². The molecule has 2 aromatic rings.